The Morgan fingerprint density at radius 1 is 1.08 bits per heavy atom. The smallest absolute Gasteiger partial charge is 0.141 e. The zero-order valence-electron chi connectivity index (χ0n) is 7.01. The van der Waals surface area contributed by atoms with Crippen molar-refractivity contribution in [1.29, 1.82) is 0 Å². The van der Waals surface area contributed by atoms with E-state index in [1.165, 1.54) is 0 Å². The molecule has 2 heterocycles. The Morgan fingerprint density at radius 2 is 2.00 bits per heavy atom. The molecule has 0 aliphatic rings. The fourth-order valence-electron chi connectivity index (χ4n) is 1.13. The van der Waals surface area contributed by atoms with Gasteiger partial charge in [0.1, 0.15) is 7.85 Å². The van der Waals surface area contributed by atoms with Crippen LogP contribution < -0.4 is 5.59 Å². The minimum absolute atomic E-state index is 0.529. The number of nitrogens with zero attached hydrogens (tertiary/aromatic N) is 2. The van der Waals surface area contributed by atoms with Crippen molar-refractivity contribution in [3.8, 4) is 11.3 Å². The highest BCUT2D eigenvalue weighted by Gasteiger charge is 1.96. The first-order chi connectivity index (χ1) is 6.36. The predicted octanol–water partition coefficient (Wildman–Crippen LogP) is 0.937. The lowest BCUT2D eigenvalue weighted by Crippen LogP contribution is -2.07. The summed E-state index contributed by atoms with van der Waals surface area (Å²) in [5, 5.41) is 0. The molecule has 0 unspecified atom stereocenters. The Hall–Kier alpha value is -1.64. The monoisotopic (exact) mass is 166 g/mol. The van der Waals surface area contributed by atoms with E-state index in [1.54, 1.807) is 18.5 Å². The average Bonchev–Trinajstić information content (AvgIpc) is 2.19. The topological polar surface area (TPSA) is 25.8 Å². The second kappa shape index (κ2) is 3.39. The molecule has 2 aromatic heterocycles. The lowest BCUT2D eigenvalue weighted by molar-refractivity contribution is 1.30. The van der Waals surface area contributed by atoms with Gasteiger partial charge in [0.15, 0.2) is 0 Å². The van der Waals surface area contributed by atoms with Gasteiger partial charge in [0, 0.05) is 18.0 Å². The van der Waals surface area contributed by atoms with Gasteiger partial charge >= 0.3 is 0 Å². The Balaban J connectivity index is 2.48. The van der Waals surface area contributed by atoms with E-state index in [9.17, 15) is 0 Å². The second-order valence-electron chi connectivity index (χ2n) is 2.69. The van der Waals surface area contributed by atoms with Crippen LogP contribution in [0.15, 0.2) is 42.7 Å². The highest BCUT2D eigenvalue weighted by Crippen LogP contribution is 2.12. The van der Waals surface area contributed by atoms with Gasteiger partial charge in [-0.05, 0) is 23.8 Å². The molecular weight excluding hydrogens is 159 g/mol. The average molecular weight is 166 g/mol. The molecule has 0 atom stereocenters. The van der Waals surface area contributed by atoms with Gasteiger partial charge < -0.3 is 0 Å². The molecule has 2 aromatic rings. The summed E-state index contributed by atoms with van der Waals surface area (Å²) < 4.78 is 0. The van der Waals surface area contributed by atoms with Crippen molar-refractivity contribution in [2.45, 2.75) is 0 Å². The normalized spacial score (nSPS) is 9.85. The van der Waals surface area contributed by atoms with E-state index >= 15 is 0 Å². The molecule has 0 aliphatic carbocycles. The fourth-order valence-corrected chi connectivity index (χ4v) is 1.13. The summed E-state index contributed by atoms with van der Waals surface area (Å²) >= 11 is 0. The summed E-state index contributed by atoms with van der Waals surface area (Å²) in [6.45, 7) is 0. The molecule has 2 nitrogen and oxygen atoms in total. The van der Waals surface area contributed by atoms with Crippen molar-refractivity contribution in [3.05, 3.63) is 42.7 Å². The van der Waals surface area contributed by atoms with Crippen LogP contribution in [0.2, 0.25) is 0 Å². The molecule has 0 saturated carbocycles. The first kappa shape index (κ1) is 7.99. The van der Waals surface area contributed by atoms with Crippen LogP contribution in [0, 0.1) is 0 Å². The van der Waals surface area contributed by atoms with Crippen LogP contribution in [-0.4, -0.2) is 17.8 Å². The Labute approximate surface area is 78.1 Å². The summed E-state index contributed by atoms with van der Waals surface area (Å²) in [7, 11) is 5.56. The molecule has 3 heteroatoms. The summed E-state index contributed by atoms with van der Waals surface area (Å²) in [6, 6.07) is 9.38. The first-order valence-electron chi connectivity index (χ1n) is 3.99. The summed E-state index contributed by atoms with van der Waals surface area (Å²) in [5.74, 6) is 0. The van der Waals surface area contributed by atoms with Crippen LogP contribution in [-0.2, 0) is 0 Å². The van der Waals surface area contributed by atoms with Crippen LogP contribution in [0.5, 0.6) is 0 Å². The predicted molar refractivity (Wildman–Crippen MR) is 52.9 cm³/mol. The van der Waals surface area contributed by atoms with Crippen LogP contribution in [0.3, 0.4) is 0 Å². The zero-order chi connectivity index (χ0) is 9.10. The van der Waals surface area contributed by atoms with Gasteiger partial charge in [0.25, 0.3) is 0 Å². The van der Waals surface area contributed by atoms with Gasteiger partial charge in [-0.1, -0.05) is 12.1 Å². The maximum Gasteiger partial charge on any atom is 0.141 e. The molecule has 0 saturated heterocycles. The van der Waals surface area contributed by atoms with Gasteiger partial charge in [-0.25, -0.2) is 0 Å². The Kier molecular flexibility index (Phi) is 2.09. The molecule has 0 fully saturated rings. The molecule has 2 rings (SSSR count). The highest BCUT2D eigenvalue weighted by molar-refractivity contribution is 6.30. The summed E-state index contributed by atoms with van der Waals surface area (Å²) in [6.07, 6.45) is 3.50. The third-order valence-corrected chi connectivity index (χ3v) is 1.73. The standard InChI is InChI=1S/C10H7BN2/c11-10-5-1-4-9(13-10)8-3-2-6-12-7-8/h1-7H. The second-order valence-corrected chi connectivity index (χ2v) is 2.69. The minimum Gasteiger partial charge on any atom is -0.264 e. The number of hydrogen-bond donors (Lipinski definition) is 0. The highest BCUT2D eigenvalue weighted by atomic mass is 14.7. The number of pyridine rings is 2. The summed E-state index contributed by atoms with van der Waals surface area (Å²) in [5.41, 5.74) is 2.37. The van der Waals surface area contributed by atoms with Crippen LogP contribution >= 0.6 is 0 Å². The van der Waals surface area contributed by atoms with Crippen LogP contribution in [0.1, 0.15) is 0 Å². The molecule has 0 aliphatic heterocycles. The molecule has 0 aromatic carbocycles. The SMILES string of the molecule is [B]c1cccc(-c2cccnc2)n1. The number of rotatable bonds is 1. The minimum atomic E-state index is 0.529. The van der Waals surface area contributed by atoms with Gasteiger partial charge in [-0.2, -0.15) is 0 Å². The van der Waals surface area contributed by atoms with Crippen molar-refractivity contribution in [1.82, 2.24) is 9.97 Å². The van der Waals surface area contributed by atoms with Crippen molar-refractivity contribution >= 4 is 13.4 Å². The van der Waals surface area contributed by atoms with Gasteiger partial charge in [-0.15, -0.1) is 0 Å². The third kappa shape index (κ3) is 1.75. The van der Waals surface area contributed by atoms with Crippen LogP contribution in [0.4, 0.5) is 0 Å². The molecule has 0 N–H and O–H groups in total. The van der Waals surface area contributed by atoms with E-state index in [4.69, 9.17) is 7.85 Å². The van der Waals surface area contributed by atoms with Gasteiger partial charge in [0.05, 0.1) is 5.69 Å². The lowest BCUT2D eigenvalue weighted by atomic mass is 10.0. The molecule has 0 spiro atoms. The molecule has 2 radical (unpaired) electrons. The van der Waals surface area contributed by atoms with E-state index < -0.39 is 0 Å². The molecule has 60 valence electrons. The van der Waals surface area contributed by atoms with Crippen molar-refractivity contribution < 1.29 is 0 Å². The van der Waals surface area contributed by atoms with E-state index in [0.717, 1.165) is 11.3 Å². The molecule has 0 amide bonds. The fraction of sp³-hybridized carbons (Fsp3) is 0. The van der Waals surface area contributed by atoms with Crippen molar-refractivity contribution in [2.24, 2.45) is 0 Å². The Bertz CT molecular complexity index is 401. The number of aromatic nitrogens is 2. The van der Waals surface area contributed by atoms with E-state index in [2.05, 4.69) is 9.97 Å². The quantitative estimate of drug-likeness (QED) is 0.589. The van der Waals surface area contributed by atoms with Gasteiger partial charge in [-0.3, -0.25) is 9.97 Å². The zero-order valence-corrected chi connectivity index (χ0v) is 7.01. The molecule has 0 bridgehead atoms. The maximum absolute atomic E-state index is 5.56. The maximum atomic E-state index is 5.56. The first-order valence-corrected chi connectivity index (χ1v) is 3.99. The Morgan fingerprint density at radius 3 is 2.69 bits per heavy atom. The van der Waals surface area contributed by atoms with Crippen LogP contribution in [0.25, 0.3) is 11.3 Å². The summed E-state index contributed by atoms with van der Waals surface area (Å²) in [4.78, 5) is 8.19. The van der Waals surface area contributed by atoms with E-state index in [-0.39, 0.29) is 0 Å². The third-order valence-electron chi connectivity index (χ3n) is 1.73. The van der Waals surface area contributed by atoms with E-state index in [0.29, 0.717) is 5.59 Å². The van der Waals surface area contributed by atoms with E-state index in [1.807, 2.05) is 24.3 Å². The molecule has 13 heavy (non-hydrogen) atoms. The molecular formula is C10H7BN2. The largest absolute Gasteiger partial charge is 0.264 e. The van der Waals surface area contributed by atoms with Crippen molar-refractivity contribution in [3.63, 3.8) is 0 Å². The van der Waals surface area contributed by atoms with Gasteiger partial charge in [0.2, 0.25) is 0 Å². The van der Waals surface area contributed by atoms with Crippen molar-refractivity contribution in [2.75, 3.05) is 0 Å². The lowest BCUT2D eigenvalue weighted by Gasteiger charge is -2.00. The number of hydrogen-bond acceptors (Lipinski definition) is 2.